The molecule has 0 saturated heterocycles. The summed E-state index contributed by atoms with van der Waals surface area (Å²) < 4.78 is 5.83. The topological polar surface area (TPSA) is 29.5 Å². The van der Waals surface area contributed by atoms with E-state index in [2.05, 4.69) is 32.9 Å². The predicted molar refractivity (Wildman–Crippen MR) is 92.4 cm³/mol. The molecule has 0 N–H and O–H groups in total. The normalized spacial score (nSPS) is 13.4. The van der Waals surface area contributed by atoms with E-state index < -0.39 is 6.10 Å². The molecule has 124 valence electrons. The van der Waals surface area contributed by atoms with Crippen LogP contribution in [0.15, 0.2) is 24.3 Å². The highest BCUT2D eigenvalue weighted by Crippen LogP contribution is 2.25. The molecule has 1 atom stereocenters. The van der Waals surface area contributed by atoms with Gasteiger partial charge in [0, 0.05) is 12.1 Å². The Bertz CT molecular complexity index is 475. The molecule has 1 unspecified atom stereocenters. The van der Waals surface area contributed by atoms with Crippen molar-refractivity contribution in [3.05, 3.63) is 29.8 Å². The van der Waals surface area contributed by atoms with Crippen LogP contribution in [0, 0.1) is 0 Å². The highest BCUT2D eigenvalue weighted by atomic mass is 16.5. The molecule has 1 rings (SSSR count). The minimum atomic E-state index is -0.481. The quantitative estimate of drug-likeness (QED) is 0.807. The zero-order chi connectivity index (χ0) is 17.1. The van der Waals surface area contributed by atoms with Crippen LogP contribution in [0.2, 0.25) is 0 Å². The number of ether oxygens (including phenoxy) is 1. The third-order valence-electron chi connectivity index (χ3n) is 3.75. The van der Waals surface area contributed by atoms with Crippen molar-refractivity contribution < 1.29 is 9.53 Å². The fourth-order valence-corrected chi connectivity index (χ4v) is 2.60. The van der Waals surface area contributed by atoms with Gasteiger partial charge in [-0.1, -0.05) is 32.9 Å². The van der Waals surface area contributed by atoms with E-state index in [1.807, 2.05) is 51.7 Å². The second-order valence-electron chi connectivity index (χ2n) is 7.47. The van der Waals surface area contributed by atoms with E-state index in [0.29, 0.717) is 0 Å². The largest absolute Gasteiger partial charge is 0.481 e. The predicted octanol–water partition coefficient (Wildman–Crippen LogP) is 4.40. The summed E-state index contributed by atoms with van der Waals surface area (Å²) >= 11 is 0. The minimum absolute atomic E-state index is 0.0323. The van der Waals surface area contributed by atoms with Gasteiger partial charge in [0.05, 0.1) is 0 Å². The Morgan fingerprint density at radius 2 is 1.41 bits per heavy atom. The van der Waals surface area contributed by atoms with Crippen LogP contribution in [0.3, 0.4) is 0 Å². The van der Waals surface area contributed by atoms with Crippen molar-refractivity contribution in [2.45, 2.75) is 79.0 Å². The maximum absolute atomic E-state index is 12.6. The molecule has 1 aromatic rings. The standard InChI is InChI=1S/C19H31NO2/c1-13(2)20(14(3)4)18(21)15(5)22-17-11-9-16(10-12-17)19(6,7)8/h9-15H,1-8H3. The summed E-state index contributed by atoms with van der Waals surface area (Å²) in [4.78, 5) is 14.4. The number of hydrogen-bond acceptors (Lipinski definition) is 2. The molecule has 0 bridgehead atoms. The van der Waals surface area contributed by atoms with Gasteiger partial charge in [0.1, 0.15) is 5.75 Å². The summed E-state index contributed by atoms with van der Waals surface area (Å²) in [6.45, 7) is 16.5. The third-order valence-corrected chi connectivity index (χ3v) is 3.75. The van der Waals surface area contributed by atoms with Crippen molar-refractivity contribution in [3.8, 4) is 5.75 Å². The summed E-state index contributed by atoms with van der Waals surface area (Å²) in [7, 11) is 0. The van der Waals surface area contributed by atoms with Crippen molar-refractivity contribution in [3.63, 3.8) is 0 Å². The van der Waals surface area contributed by atoms with E-state index in [4.69, 9.17) is 4.74 Å². The molecule has 0 aliphatic heterocycles. The van der Waals surface area contributed by atoms with Gasteiger partial charge in [-0.05, 0) is 57.7 Å². The molecular weight excluding hydrogens is 274 g/mol. The van der Waals surface area contributed by atoms with Gasteiger partial charge in [0.25, 0.3) is 5.91 Å². The fraction of sp³-hybridized carbons (Fsp3) is 0.632. The van der Waals surface area contributed by atoms with Crippen LogP contribution >= 0.6 is 0 Å². The number of benzene rings is 1. The van der Waals surface area contributed by atoms with E-state index in [9.17, 15) is 4.79 Å². The second kappa shape index (κ2) is 7.17. The van der Waals surface area contributed by atoms with Gasteiger partial charge in [-0.2, -0.15) is 0 Å². The average Bonchev–Trinajstić information content (AvgIpc) is 2.37. The maximum Gasteiger partial charge on any atom is 0.263 e. The van der Waals surface area contributed by atoms with Crippen LogP contribution in [-0.4, -0.2) is 29.0 Å². The second-order valence-corrected chi connectivity index (χ2v) is 7.47. The first-order chi connectivity index (χ1) is 10.0. The van der Waals surface area contributed by atoms with Crippen molar-refractivity contribution in [2.75, 3.05) is 0 Å². The molecule has 22 heavy (non-hydrogen) atoms. The maximum atomic E-state index is 12.6. The molecule has 1 aromatic carbocycles. The van der Waals surface area contributed by atoms with Crippen LogP contribution in [-0.2, 0) is 10.2 Å². The Balaban J connectivity index is 2.80. The van der Waals surface area contributed by atoms with Gasteiger partial charge in [0.15, 0.2) is 6.10 Å². The summed E-state index contributed by atoms with van der Waals surface area (Å²) in [5, 5.41) is 0. The molecule has 0 aliphatic carbocycles. The van der Waals surface area contributed by atoms with Gasteiger partial charge in [-0.3, -0.25) is 4.79 Å². The van der Waals surface area contributed by atoms with Crippen LogP contribution in [0.4, 0.5) is 0 Å². The van der Waals surface area contributed by atoms with Gasteiger partial charge in [-0.15, -0.1) is 0 Å². The Morgan fingerprint density at radius 1 is 0.955 bits per heavy atom. The third kappa shape index (κ3) is 4.75. The summed E-state index contributed by atoms with van der Waals surface area (Å²) in [5.74, 6) is 0.770. The number of carbonyl (C=O) groups is 1. The van der Waals surface area contributed by atoms with Crippen molar-refractivity contribution in [1.82, 2.24) is 4.90 Å². The number of nitrogens with zero attached hydrogens (tertiary/aromatic N) is 1. The summed E-state index contributed by atoms with van der Waals surface area (Å²) in [6.07, 6.45) is -0.481. The first-order valence-corrected chi connectivity index (χ1v) is 8.13. The first-order valence-electron chi connectivity index (χ1n) is 8.13. The van der Waals surface area contributed by atoms with E-state index in [1.165, 1.54) is 5.56 Å². The molecule has 0 saturated carbocycles. The molecule has 0 radical (unpaired) electrons. The smallest absolute Gasteiger partial charge is 0.263 e. The summed E-state index contributed by atoms with van der Waals surface area (Å²) in [5.41, 5.74) is 1.37. The van der Waals surface area contributed by atoms with Crippen LogP contribution in [0.5, 0.6) is 5.75 Å². The minimum Gasteiger partial charge on any atom is -0.481 e. The van der Waals surface area contributed by atoms with Gasteiger partial charge >= 0.3 is 0 Å². The Morgan fingerprint density at radius 3 is 1.77 bits per heavy atom. The van der Waals surface area contributed by atoms with Crippen LogP contribution in [0.1, 0.15) is 61.0 Å². The molecule has 3 nitrogen and oxygen atoms in total. The first kappa shape index (κ1) is 18.5. The van der Waals surface area contributed by atoms with Crippen LogP contribution < -0.4 is 4.74 Å². The Hall–Kier alpha value is -1.51. The van der Waals surface area contributed by atoms with Crippen molar-refractivity contribution >= 4 is 5.91 Å². The molecule has 0 spiro atoms. The number of hydrogen-bond donors (Lipinski definition) is 0. The van der Waals surface area contributed by atoms with Gasteiger partial charge in [0.2, 0.25) is 0 Å². The molecule has 0 aliphatic rings. The molecule has 1 amide bonds. The van der Waals surface area contributed by atoms with E-state index in [-0.39, 0.29) is 23.4 Å². The lowest BCUT2D eigenvalue weighted by molar-refractivity contribution is -0.141. The lowest BCUT2D eigenvalue weighted by Gasteiger charge is -2.33. The highest BCUT2D eigenvalue weighted by Gasteiger charge is 2.26. The van der Waals surface area contributed by atoms with E-state index >= 15 is 0 Å². The Labute approximate surface area is 135 Å². The van der Waals surface area contributed by atoms with Crippen molar-refractivity contribution in [2.24, 2.45) is 0 Å². The van der Waals surface area contributed by atoms with E-state index in [0.717, 1.165) is 5.75 Å². The lowest BCUT2D eigenvalue weighted by atomic mass is 9.87. The number of amides is 1. The number of carbonyl (C=O) groups excluding carboxylic acids is 1. The average molecular weight is 305 g/mol. The molecule has 0 heterocycles. The monoisotopic (exact) mass is 305 g/mol. The molecule has 0 aromatic heterocycles. The molecule has 0 fully saturated rings. The van der Waals surface area contributed by atoms with Crippen molar-refractivity contribution in [1.29, 1.82) is 0 Å². The van der Waals surface area contributed by atoms with Crippen LogP contribution in [0.25, 0.3) is 0 Å². The van der Waals surface area contributed by atoms with E-state index in [1.54, 1.807) is 0 Å². The lowest BCUT2D eigenvalue weighted by Crippen LogP contribution is -2.48. The summed E-state index contributed by atoms with van der Waals surface area (Å²) in [6, 6.07) is 8.35. The Kier molecular flexibility index (Phi) is 6.04. The molecule has 3 heteroatoms. The SMILES string of the molecule is CC(Oc1ccc(C(C)(C)C)cc1)C(=O)N(C(C)C)C(C)C. The number of rotatable bonds is 5. The zero-order valence-corrected chi connectivity index (χ0v) is 15.3. The zero-order valence-electron chi connectivity index (χ0n) is 15.3. The highest BCUT2D eigenvalue weighted by molar-refractivity contribution is 5.81. The van der Waals surface area contributed by atoms with Gasteiger partial charge < -0.3 is 9.64 Å². The van der Waals surface area contributed by atoms with Gasteiger partial charge in [-0.25, -0.2) is 0 Å². The fourth-order valence-electron chi connectivity index (χ4n) is 2.60. The molecular formula is C19H31NO2.